The largest absolute Gasteiger partial charge is 0.491 e. The third kappa shape index (κ3) is 5.82. The number of hydrogen-bond acceptors (Lipinski definition) is 4. The minimum absolute atomic E-state index is 0.0351. The number of ether oxygens (including phenoxy) is 1. The summed E-state index contributed by atoms with van der Waals surface area (Å²) in [5, 5.41) is 14.4. The van der Waals surface area contributed by atoms with Crippen LogP contribution in [-0.4, -0.2) is 53.3 Å². The molecule has 0 heterocycles. The Bertz CT molecular complexity index is 717. The first kappa shape index (κ1) is 20.4. The number of benzene rings is 1. The molecule has 1 aromatic rings. The summed E-state index contributed by atoms with van der Waals surface area (Å²) in [6, 6.07) is 4.00. The Kier molecular flexibility index (Phi) is 6.39. The Balaban J connectivity index is 1.45. The van der Waals surface area contributed by atoms with Crippen molar-refractivity contribution in [3.05, 3.63) is 24.0 Å². The average molecular weight is 393 g/mol. The zero-order valence-electron chi connectivity index (χ0n) is 16.3. The van der Waals surface area contributed by atoms with Crippen LogP contribution >= 0.6 is 0 Å². The number of urea groups is 1. The average Bonchev–Trinajstić information content (AvgIpc) is 3.35. The van der Waals surface area contributed by atoms with Crippen LogP contribution in [0.25, 0.3) is 0 Å². The molecule has 0 radical (unpaired) electrons. The van der Waals surface area contributed by atoms with Crippen molar-refractivity contribution >= 4 is 17.7 Å². The van der Waals surface area contributed by atoms with Crippen molar-refractivity contribution < 1.29 is 23.8 Å². The van der Waals surface area contributed by atoms with Crippen LogP contribution in [0, 0.1) is 11.7 Å². The van der Waals surface area contributed by atoms with Crippen LogP contribution < -0.4 is 15.4 Å². The Hall–Kier alpha value is -2.35. The number of rotatable bonds is 9. The molecule has 7 nitrogen and oxygen atoms in total. The quantitative estimate of drug-likeness (QED) is 0.600. The van der Waals surface area contributed by atoms with E-state index in [1.54, 1.807) is 6.07 Å². The first-order valence-corrected chi connectivity index (χ1v) is 9.79. The highest BCUT2D eigenvalue weighted by Gasteiger charge is 2.37. The van der Waals surface area contributed by atoms with Gasteiger partial charge >= 0.3 is 12.0 Å². The zero-order chi connectivity index (χ0) is 20.3. The minimum Gasteiger partial charge on any atom is -0.491 e. The summed E-state index contributed by atoms with van der Waals surface area (Å²) in [6.07, 6.45) is 3.68. The first-order chi connectivity index (χ1) is 13.3. The van der Waals surface area contributed by atoms with Gasteiger partial charge in [0.15, 0.2) is 0 Å². The van der Waals surface area contributed by atoms with Crippen LogP contribution in [0.4, 0.5) is 14.9 Å². The Morgan fingerprint density at radius 3 is 2.61 bits per heavy atom. The molecule has 0 aromatic heterocycles. The predicted octanol–water partition coefficient (Wildman–Crippen LogP) is 3.06. The molecule has 3 N–H and O–H groups in total. The number of carbonyl (C=O) groups is 2. The third-order valence-corrected chi connectivity index (χ3v) is 5.05. The lowest BCUT2D eigenvalue weighted by atomic mass is 9.85. The fourth-order valence-electron chi connectivity index (χ4n) is 3.44. The maximum Gasteiger partial charge on any atom is 0.319 e. The predicted molar refractivity (Wildman–Crippen MR) is 103 cm³/mol. The van der Waals surface area contributed by atoms with E-state index in [-0.39, 0.29) is 30.4 Å². The standard InChI is InChI=1S/C20H28FN3O4/c1-12(2)28-16-5-6-18(17(21)9-16)23-20(27)22-14-7-15(8-14)24(11-19(25)26)10-13-3-4-13/h5-6,9,12-15H,3-4,7-8,10-11H2,1-2H3,(H,25,26)(H2,22,23,27). The molecule has 3 rings (SSSR count). The number of hydrogen-bond donors (Lipinski definition) is 3. The molecular formula is C20H28FN3O4. The van der Waals surface area contributed by atoms with E-state index in [1.165, 1.54) is 25.0 Å². The van der Waals surface area contributed by atoms with E-state index in [4.69, 9.17) is 9.84 Å². The molecule has 2 aliphatic rings. The van der Waals surface area contributed by atoms with Crippen molar-refractivity contribution in [3.63, 3.8) is 0 Å². The van der Waals surface area contributed by atoms with Crippen LogP contribution in [0.2, 0.25) is 0 Å². The molecule has 1 aromatic carbocycles. The van der Waals surface area contributed by atoms with Gasteiger partial charge in [-0.05, 0) is 57.6 Å². The molecule has 2 fully saturated rings. The highest BCUT2D eigenvalue weighted by atomic mass is 19.1. The van der Waals surface area contributed by atoms with E-state index in [0.717, 1.165) is 6.54 Å². The number of nitrogens with zero attached hydrogens (tertiary/aromatic N) is 1. The number of carboxylic acids is 1. The highest BCUT2D eigenvalue weighted by molar-refractivity contribution is 5.89. The van der Waals surface area contributed by atoms with Gasteiger partial charge in [-0.25, -0.2) is 9.18 Å². The molecule has 8 heteroatoms. The fraction of sp³-hybridized carbons (Fsp3) is 0.600. The summed E-state index contributed by atoms with van der Waals surface area (Å²) in [5.41, 5.74) is 0.0886. The molecule has 0 saturated heterocycles. The molecule has 0 unspecified atom stereocenters. The van der Waals surface area contributed by atoms with E-state index < -0.39 is 17.8 Å². The van der Waals surface area contributed by atoms with Crippen LogP contribution in [-0.2, 0) is 4.79 Å². The van der Waals surface area contributed by atoms with E-state index >= 15 is 0 Å². The molecule has 0 bridgehead atoms. The Labute approximate surface area is 164 Å². The number of anilines is 1. The molecule has 154 valence electrons. The summed E-state index contributed by atoms with van der Waals surface area (Å²) in [7, 11) is 0. The van der Waals surface area contributed by atoms with Crippen LogP contribution in [0.15, 0.2) is 18.2 Å². The van der Waals surface area contributed by atoms with Gasteiger partial charge in [-0.3, -0.25) is 9.69 Å². The van der Waals surface area contributed by atoms with Crippen LogP contribution in [0.3, 0.4) is 0 Å². The monoisotopic (exact) mass is 393 g/mol. The van der Waals surface area contributed by atoms with Crippen molar-refractivity contribution in [2.75, 3.05) is 18.4 Å². The molecule has 0 spiro atoms. The number of halogens is 1. The third-order valence-electron chi connectivity index (χ3n) is 5.05. The van der Waals surface area contributed by atoms with Gasteiger partial charge in [-0.1, -0.05) is 0 Å². The van der Waals surface area contributed by atoms with E-state index in [2.05, 4.69) is 10.6 Å². The minimum atomic E-state index is -0.824. The lowest BCUT2D eigenvalue weighted by Gasteiger charge is -2.42. The zero-order valence-corrected chi connectivity index (χ0v) is 16.3. The molecule has 2 saturated carbocycles. The Morgan fingerprint density at radius 1 is 1.32 bits per heavy atom. The van der Waals surface area contributed by atoms with Crippen molar-refractivity contribution in [2.45, 2.75) is 57.7 Å². The van der Waals surface area contributed by atoms with Gasteiger partial charge in [-0.2, -0.15) is 0 Å². The second kappa shape index (κ2) is 8.77. The van der Waals surface area contributed by atoms with E-state index in [9.17, 15) is 14.0 Å². The van der Waals surface area contributed by atoms with E-state index in [1.807, 2.05) is 18.7 Å². The van der Waals surface area contributed by atoms with Crippen molar-refractivity contribution in [2.24, 2.45) is 5.92 Å². The molecule has 0 atom stereocenters. The van der Waals surface area contributed by atoms with Crippen molar-refractivity contribution in [3.8, 4) is 5.75 Å². The van der Waals surface area contributed by atoms with Gasteiger partial charge in [0.1, 0.15) is 11.6 Å². The van der Waals surface area contributed by atoms with Gasteiger partial charge in [0.25, 0.3) is 0 Å². The SMILES string of the molecule is CC(C)Oc1ccc(NC(=O)NC2CC(N(CC(=O)O)CC3CC3)C2)c(F)c1. The second-order valence-corrected chi connectivity index (χ2v) is 8.00. The van der Waals surface area contributed by atoms with Gasteiger partial charge in [-0.15, -0.1) is 0 Å². The number of nitrogens with one attached hydrogen (secondary N) is 2. The molecule has 28 heavy (non-hydrogen) atoms. The molecule has 0 aliphatic heterocycles. The molecular weight excluding hydrogens is 365 g/mol. The summed E-state index contributed by atoms with van der Waals surface area (Å²) >= 11 is 0. The van der Waals surface area contributed by atoms with Gasteiger partial charge in [0.2, 0.25) is 0 Å². The number of carboxylic acid groups (broad SMARTS) is 1. The van der Waals surface area contributed by atoms with E-state index in [0.29, 0.717) is 24.5 Å². The van der Waals surface area contributed by atoms with Crippen molar-refractivity contribution in [1.29, 1.82) is 0 Å². The van der Waals surface area contributed by atoms with Gasteiger partial charge in [0, 0.05) is 24.7 Å². The van der Waals surface area contributed by atoms with Gasteiger partial charge in [0.05, 0.1) is 18.3 Å². The van der Waals surface area contributed by atoms with Gasteiger partial charge < -0.3 is 20.5 Å². The normalized spacial score (nSPS) is 21.3. The van der Waals surface area contributed by atoms with Crippen molar-refractivity contribution in [1.82, 2.24) is 10.2 Å². The fourth-order valence-corrected chi connectivity index (χ4v) is 3.44. The maximum absolute atomic E-state index is 14.1. The Morgan fingerprint density at radius 2 is 2.04 bits per heavy atom. The number of aliphatic carboxylic acids is 1. The smallest absolute Gasteiger partial charge is 0.319 e. The lowest BCUT2D eigenvalue weighted by molar-refractivity contribution is -0.139. The first-order valence-electron chi connectivity index (χ1n) is 9.79. The summed E-state index contributed by atoms with van der Waals surface area (Å²) in [4.78, 5) is 25.2. The summed E-state index contributed by atoms with van der Waals surface area (Å²) < 4.78 is 19.6. The summed E-state index contributed by atoms with van der Waals surface area (Å²) in [6.45, 7) is 4.55. The van der Waals surface area contributed by atoms with Crippen LogP contribution in [0.1, 0.15) is 39.5 Å². The molecule has 2 amide bonds. The summed E-state index contributed by atoms with van der Waals surface area (Å²) in [5.74, 6) is -0.359. The number of amides is 2. The highest BCUT2D eigenvalue weighted by Crippen LogP contribution is 2.33. The maximum atomic E-state index is 14.1. The number of carbonyl (C=O) groups excluding carboxylic acids is 1. The second-order valence-electron chi connectivity index (χ2n) is 8.00. The topological polar surface area (TPSA) is 90.9 Å². The molecule has 2 aliphatic carbocycles. The lowest BCUT2D eigenvalue weighted by Crippen LogP contribution is -2.55. The van der Waals surface area contributed by atoms with Crippen LogP contribution in [0.5, 0.6) is 5.75 Å².